The van der Waals surface area contributed by atoms with Crippen molar-refractivity contribution in [3.05, 3.63) is 18.3 Å². The van der Waals surface area contributed by atoms with Crippen molar-refractivity contribution in [2.75, 3.05) is 32.6 Å². The predicted octanol–water partition coefficient (Wildman–Crippen LogP) is 1.56. The van der Waals surface area contributed by atoms with Crippen molar-refractivity contribution in [2.24, 2.45) is 0 Å². The first kappa shape index (κ1) is 16.9. The van der Waals surface area contributed by atoms with Gasteiger partial charge in [-0.05, 0) is 25.5 Å². The Kier molecular flexibility index (Phi) is 6.38. The largest absolute Gasteiger partial charge is 0.383 e. The summed E-state index contributed by atoms with van der Waals surface area (Å²) >= 11 is 0. The van der Waals surface area contributed by atoms with Crippen molar-refractivity contribution in [3.8, 4) is 0 Å². The lowest BCUT2D eigenvalue weighted by atomic mass is 10.4. The Morgan fingerprint density at radius 1 is 1.50 bits per heavy atom. The number of nitrogens with one attached hydrogen (secondary N) is 1. The average Bonchev–Trinajstić information content (AvgIpc) is 2.44. The Morgan fingerprint density at radius 3 is 2.80 bits per heavy atom. The van der Waals surface area contributed by atoms with Crippen molar-refractivity contribution in [2.45, 2.75) is 31.2 Å². The molecule has 20 heavy (non-hydrogen) atoms. The number of pyridine rings is 1. The first-order valence-corrected chi connectivity index (χ1v) is 8.05. The minimum absolute atomic E-state index is 0.193. The minimum Gasteiger partial charge on any atom is -0.383 e. The lowest BCUT2D eigenvalue weighted by Crippen LogP contribution is -2.38. The quantitative estimate of drug-likeness (QED) is 0.789. The summed E-state index contributed by atoms with van der Waals surface area (Å²) in [5.74, 6) is 0.394. The summed E-state index contributed by atoms with van der Waals surface area (Å²) in [5, 5.41) is 3.05. The number of aromatic nitrogens is 1. The van der Waals surface area contributed by atoms with Crippen molar-refractivity contribution < 1.29 is 13.2 Å². The highest BCUT2D eigenvalue weighted by atomic mass is 32.2. The first-order valence-electron chi connectivity index (χ1n) is 6.61. The van der Waals surface area contributed by atoms with Gasteiger partial charge < -0.3 is 10.1 Å². The van der Waals surface area contributed by atoms with Crippen LogP contribution in [0.3, 0.4) is 0 Å². The maximum absolute atomic E-state index is 12.6. The van der Waals surface area contributed by atoms with Crippen LogP contribution >= 0.6 is 0 Å². The van der Waals surface area contributed by atoms with Gasteiger partial charge in [-0.2, -0.15) is 4.31 Å². The van der Waals surface area contributed by atoms with Crippen LogP contribution in [0.2, 0.25) is 0 Å². The minimum atomic E-state index is -3.59. The van der Waals surface area contributed by atoms with E-state index < -0.39 is 10.0 Å². The van der Waals surface area contributed by atoms with Gasteiger partial charge in [-0.3, -0.25) is 0 Å². The van der Waals surface area contributed by atoms with E-state index in [0.29, 0.717) is 19.0 Å². The number of hydrogen-bond donors (Lipinski definition) is 1. The van der Waals surface area contributed by atoms with Crippen LogP contribution in [0.4, 0.5) is 5.82 Å². The third-order valence-electron chi connectivity index (χ3n) is 3.00. The second-order valence-electron chi connectivity index (χ2n) is 4.60. The summed E-state index contributed by atoms with van der Waals surface area (Å²) in [5.41, 5.74) is 0. The number of anilines is 1. The number of nitrogens with zero attached hydrogens (tertiary/aromatic N) is 2. The highest BCUT2D eigenvalue weighted by Crippen LogP contribution is 2.22. The normalized spacial score (nSPS) is 13.4. The molecule has 0 radical (unpaired) electrons. The summed E-state index contributed by atoms with van der Waals surface area (Å²) in [6, 6.07) is 2.94. The van der Waals surface area contributed by atoms with Gasteiger partial charge in [0.2, 0.25) is 10.0 Å². The van der Waals surface area contributed by atoms with Gasteiger partial charge in [0.15, 0.2) is 0 Å². The molecule has 1 rings (SSSR count). The van der Waals surface area contributed by atoms with Gasteiger partial charge in [0.25, 0.3) is 0 Å². The van der Waals surface area contributed by atoms with E-state index in [1.807, 2.05) is 6.92 Å². The molecule has 1 heterocycles. The van der Waals surface area contributed by atoms with E-state index in [1.54, 1.807) is 39.4 Å². The van der Waals surface area contributed by atoms with Crippen LogP contribution in [0.1, 0.15) is 20.3 Å². The highest BCUT2D eigenvalue weighted by molar-refractivity contribution is 7.89. The summed E-state index contributed by atoms with van der Waals surface area (Å²) in [4.78, 5) is 4.32. The smallest absolute Gasteiger partial charge is 0.246 e. The molecule has 0 aliphatic rings. The van der Waals surface area contributed by atoms with E-state index in [-0.39, 0.29) is 10.9 Å². The van der Waals surface area contributed by atoms with Gasteiger partial charge in [0, 0.05) is 32.9 Å². The molecule has 1 N–H and O–H groups in total. The van der Waals surface area contributed by atoms with Crippen molar-refractivity contribution in [1.82, 2.24) is 9.29 Å². The first-order chi connectivity index (χ1) is 9.45. The molecule has 1 aromatic rings. The molecule has 0 saturated carbocycles. The van der Waals surface area contributed by atoms with Gasteiger partial charge in [-0.15, -0.1) is 0 Å². The molecule has 114 valence electrons. The van der Waals surface area contributed by atoms with Crippen molar-refractivity contribution in [1.29, 1.82) is 0 Å². The van der Waals surface area contributed by atoms with Gasteiger partial charge in [0.1, 0.15) is 10.7 Å². The number of methoxy groups -OCH3 is 1. The number of hydrogen-bond acceptors (Lipinski definition) is 5. The van der Waals surface area contributed by atoms with E-state index in [2.05, 4.69) is 10.3 Å². The summed E-state index contributed by atoms with van der Waals surface area (Å²) < 4.78 is 31.6. The fourth-order valence-corrected chi connectivity index (χ4v) is 3.18. The Morgan fingerprint density at radius 2 is 2.20 bits per heavy atom. The number of ether oxygens (including phenoxy) is 1. The van der Waals surface area contributed by atoms with E-state index >= 15 is 0 Å². The van der Waals surface area contributed by atoms with Gasteiger partial charge in [-0.1, -0.05) is 6.92 Å². The lowest BCUT2D eigenvalue weighted by molar-refractivity contribution is 0.149. The predicted molar refractivity (Wildman–Crippen MR) is 79.3 cm³/mol. The Labute approximate surface area is 121 Å². The van der Waals surface area contributed by atoms with Gasteiger partial charge in [0.05, 0.1) is 6.61 Å². The molecule has 1 aromatic heterocycles. The topological polar surface area (TPSA) is 71.5 Å². The monoisotopic (exact) mass is 301 g/mol. The van der Waals surface area contributed by atoms with E-state index in [4.69, 9.17) is 4.74 Å². The molecule has 7 heteroatoms. The molecule has 0 spiro atoms. The average molecular weight is 301 g/mol. The Balaban J connectivity index is 3.08. The van der Waals surface area contributed by atoms with Crippen molar-refractivity contribution >= 4 is 15.8 Å². The molecule has 0 fully saturated rings. The third-order valence-corrected chi connectivity index (χ3v) is 5.00. The van der Waals surface area contributed by atoms with E-state index in [1.165, 1.54) is 4.31 Å². The van der Waals surface area contributed by atoms with Crippen LogP contribution in [0.25, 0.3) is 0 Å². The maximum atomic E-state index is 12.6. The summed E-state index contributed by atoms with van der Waals surface area (Å²) in [7, 11) is -0.491. The van der Waals surface area contributed by atoms with Crippen LogP contribution in [-0.2, 0) is 14.8 Å². The van der Waals surface area contributed by atoms with Crippen molar-refractivity contribution in [3.63, 3.8) is 0 Å². The molecule has 0 aromatic carbocycles. The molecule has 0 saturated heterocycles. The van der Waals surface area contributed by atoms with Crippen LogP contribution in [0.5, 0.6) is 0 Å². The number of rotatable bonds is 8. The van der Waals surface area contributed by atoms with E-state index in [0.717, 1.165) is 6.42 Å². The standard InChI is InChI=1S/C13H23N3O3S/c1-5-8-14-13-12(7-6-9-15-13)20(17,18)16(3)11(2)10-19-4/h6-7,9,11H,5,8,10H2,1-4H3,(H,14,15). The summed E-state index contributed by atoms with van der Waals surface area (Å²) in [6.45, 7) is 4.83. The Hall–Kier alpha value is -1.18. The SMILES string of the molecule is CCCNc1ncccc1S(=O)(=O)N(C)C(C)COC. The molecule has 1 atom stereocenters. The molecule has 6 nitrogen and oxygen atoms in total. The zero-order valence-electron chi connectivity index (χ0n) is 12.5. The Bertz CT molecular complexity index is 519. The highest BCUT2D eigenvalue weighted by Gasteiger charge is 2.28. The summed E-state index contributed by atoms with van der Waals surface area (Å²) in [6.07, 6.45) is 2.47. The lowest BCUT2D eigenvalue weighted by Gasteiger charge is -2.24. The maximum Gasteiger partial charge on any atom is 0.246 e. The second kappa shape index (κ2) is 7.56. The van der Waals surface area contributed by atoms with Gasteiger partial charge >= 0.3 is 0 Å². The number of sulfonamides is 1. The second-order valence-corrected chi connectivity index (χ2v) is 6.57. The van der Waals surface area contributed by atoms with Crippen LogP contribution in [0, 0.1) is 0 Å². The molecular weight excluding hydrogens is 278 g/mol. The zero-order valence-corrected chi connectivity index (χ0v) is 13.3. The molecule has 0 bridgehead atoms. The fourth-order valence-electron chi connectivity index (χ4n) is 1.71. The molecule has 0 aliphatic carbocycles. The molecule has 1 unspecified atom stereocenters. The van der Waals surface area contributed by atoms with Crippen LogP contribution in [0.15, 0.2) is 23.2 Å². The number of likely N-dealkylation sites (N-methyl/N-ethyl adjacent to an activating group) is 1. The molecule has 0 aliphatic heterocycles. The van der Waals surface area contributed by atoms with Gasteiger partial charge in [-0.25, -0.2) is 13.4 Å². The van der Waals surface area contributed by atoms with E-state index in [9.17, 15) is 8.42 Å². The van der Waals surface area contributed by atoms with Crippen LogP contribution < -0.4 is 5.32 Å². The molecular formula is C13H23N3O3S. The molecule has 0 amide bonds. The zero-order chi connectivity index (χ0) is 15.2. The van der Waals surface area contributed by atoms with Crippen LogP contribution in [-0.4, -0.2) is 51.1 Å². The fraction of sp³-hybridized carbons (Fsp3) is 0.615. The third kappa shape index (κ3) is 3.91.